The number of amides is 1. The van der Waals surface area contributed by atoms with Gasteiger partial charge in [0.1, 0.15) is 5.82 Å². The molecule has 2 N–H and O–H groups in total. The maximum absolute atomic E-state index is 11.9. The van der Waals surface area contributed by atoms with Gasteiger partial charge in [0.2, 0.25) is 5.91 Å². The Morgan fingerprint density at radius 2 is 2.20 bits per heavy atom. The molecule has 2 aliphatic rings. The highest BCUT2D eigenvalue weighted by molar-refractivity contribution is 5.91. The molecule has 2 saturated carbocycles. The first-order chi connectivity index (χ1) is 9.24. The Morgan fingerprint density at radius 3 is 2.85 bits per heavy atom. The SMILES string of the molecule is CC(C1CC1)n1nccc1NC(=O)CNCC1CC1.Cl. The van der Waals surface area contributed by atoms with Crippen LogP contribution in [0.25, 0.3) is 0 Å². The largest absolute Gasteiger partial charge is 0.310 e. The van der Waals surface area contributed by atoms with Crippen molar-refractivity contribution in [1.82, 2.24) is 15.1 Å². The fourth-order valence-electron chi connectivity index (χ4n) is 2.41. The molecule has 1 amide bonds. The minimum absolute atomic E-state index is 0. The predicted octanol–water partition coefficient (Wildman–Crippen LogP) is 2.21. The van der Waals surface area contributed by atoms with Crippen LogP contribution < -0.4 is 10.6 Å². The van der Waals surface area contributed by atoms with Crippen molar-refractivity contribution >= 4 is 24.1 Å². The second kappa shape index (κ2) is 6.59. The van der Waals surface area contributed by atoms with Crippen molar-refractivity contribution in [3.05, 3.63) is 12.3 Å². The smallest absolute Gasteiger partial charge is 0.239 e. The molecule has 2 fully saturated rings. The average molecular weight is 299 g/mol. The molecular weight excluding hydrogens is 276 g/mol. The first-order valence-corrected chi connectivity index (χ1v) is 7.28. The molecule has 5 nitrogen and oxygen atoms in total. The van der Waals surface area contributed by atoms with Crippen LogP contribution in [0.4, 0.5) is 5.82 Å². The summed E-state index contributed by atoms with van der Waals surface area (Å²) in [7, 11) is 0. The molecule has 1 aromatic rings. The molecule has 112 valence electrons. The van der Waals surface area contributed by atoms with E-state index in [9.17, 15) is 4.79 Å². The predicted molar refractivity (Wildman–Crippen MR) is 81.1 cm³/mol. The lowest BCUT2D eigenvalue weighted by Crippen LogP contribution is -2.30. The van der Waals surface area contributed by atoms with E-state index in [1.807, 2.05) is 10.7 Å². The first-order valence-electron chi connectivity index (χ1n) is 7.28. The summed E-state index contributed by atoms with van der Waals surface area (Å²) in [5.74, 6) is 2.36. The lowest BCUT2D eigenvalue weighted by molar-refractivity contribution is -0.115. The average Bonchev–Trinajstić information content (AvgIpc) is 3.28. The summed E-state index contributed by atoms with van der Waals surface area (Å²) in [5, 5.41) is 10.5. The van der Waals surface area contributed by atoms with E-state index in [-0.39, 0.29) is 18.3 Å². The molecule has 0 bridgehead atoms. The lowest BCUT2D eigenvalue weighted by Gasteiger charge is -2.15. The van der Waals surface area contributed by atoms with E-state index in [1.54, 1.807) is 6.20 Å². The topological polar surface area (TPSA) is 59.0 Å². The lowest BCUT2D eigenvalue weighted by atomic mass is 10.2. The zero-order valence-corrected chi connectivity index (χ0v) is 12.7. The van der Waals surface area contributed by atoms with Gasteiger partial charge >= 0.3 is 0 Å². The van der Waals surface area contributed by atoms with Crippen LogP contribution in [0.1, 0.15) is 38.6 Å². The molecule has 6 heteroatoms. The maximum Gasteiger partial charge on any atom is 0.239 e. The fourth-order valence-corrected chi connectivity index (χ4v) is 2.41. The van der Waals surface area contributed by atoms with Gasteiger partial charge in [-0.3, -0.25) is 4.79 Å². The van der Waals surface area contributed by atoms with Crippen LogP contribution >= 0.6 is 12.4 Å². The second-order valence-electron chi connectivity index (χ2n) is 5.86. The summed E-state index contributed by atoms with van der Waals surface area (Å²) in [5.41, 5.74) is 0. The van der Waals surface area contributed by atoms with E-state index in [0.717, 1.165) is 24.2 Å². The summed E-state index contributed by atoms with van der Waals surface area (Å²) < 4.78 is 1.94. The number of halogens is 1. The highest BCUT2D eigenvalue weighted by atomic mass is 35.5. The molecule has 1 aromatic heterocycles. The monoisotopic (exact) mass is 298 g/mol. The maximum atomic E-state index is 11.9. The second-order valence-corrected chi connectivity index (χ2v) is 5.86. The van der Waals surface area contributed by atoms with Gasteiger partial charge in [0.25, 0.3) is 0 Å². The normalized spacial score (nSPS) is 19.2. The number of carbonyl (C=O) groups excluding carboxylic acids is 1. The minimum Gasteiger partial charge on any atom is -0.310 e. The van der Waals surface area contributed by atoms with E-state index in [4.69, 9.17) is 0 Å². The van der Waals surface area contributed by atoms with Crippen LogP contribution in [0.5, 0.6) is 0 Å². The summed E-state index contributed by atoms with van der Waals surface area (Å²) in [6.07, 6.45) is 6.92. The molecule has 0 saturated heterocycles. The van der Waals surface area contributed by atoms with Crippen LogP contribution in [0.2, 0.25) is 0 Å². The zero-order chi connectivity index (χ0) is 13.2. The Morgan fingerprint density at radius 1 is 1.45 bits per heavy atom. The van der Waals surface area contributed by atoms with Gasteiger partial charge in [-0.05, 0) is 51.0 Å². The number of rotatable bonds is 7. The number of nitrogens with zero attached hydrogens (tertiary/aromatic N) is 2. The van der Waals surface area contributed by atoms with Crippen molar-refractivity contribution < 1.29 is 4.79 Å². The molecule has 0 aliphatic heterocycles. The molecule has 1 atom stereocenters. The van der Waals surface area contributed by atoms with Crippen molar-refractivity contribution in [2.45, 2.75) is 38.6 Å². The van der Waals surface area contributed by atoms with Gasteiger partial charge in [-0.2, -0.15) is 5.10 Å². The number of anilines is 1. The Kier molecular flexibility index (Phi) is 5.05. The number of nitrogens with one attached hydrogen (secondary N) is 2. The van der Waals surface area contributed by atoms with Crippen LogP contribution in [-0.2, 0) is 4.79 Å². The molecule has 20 heavy (non-hydrogen) atoms. The van der Waals surface area contributed by atoms with Gasteiger partial charge < -0.3 is 10.6 Å². The molecule has 3 rings (SSSR count). The van der Waals surface area contributed by atoms with E-state index >= 15 is 0 Å². The number of aromatic nitrogens is 2. The number of hydrogen-bond donors (Lipinski definition) is 2. The van der Waals surface area contributed by atoms with Crippen LogP contribution in [-0.4, -0.2) is 28.8 Å². The van der Waals surface area contributed by atoms with E-state index in [2.05, 4.69) is 22.7 Å². The molecule has 0 radical (unpaired) electrons. The van der Waals surface area contributed by atoms with Crippen molar-refractivity contribution in [2.75, 3.05) is 18.4 Å². The molecular formula is C14H23ClN4O. The van der Waals surface area contributed by atoms with Crippen LogP contribution in [0.3, 0.4) is 0 Å². The molecule has 1 unspecified atom stereocenters. The number of hydrogen-bond acceptors (Lipinski definition) is 3. The summed E-state index contributed by atoms with van der Waals surface area (Å²) >= 11 is 0. The summed E-state index contributed by atoms with van der Waals surface area (Å²) in [6, 6.07) is 2.25. The Bertz CT molecular complexity index is 454. The van der Waals surface area contributed by atoms with Gasteiger partial charge in [0.15, 0.2) is 0 Å². The van der Waals surface area contributed by atoms with E-state index in [0.29, 0.717) is 12.6 Å². The zero-order valence-electron chi connectivity index (χ0n) is 11.8. The van der Waals surface area contributed by atoms with Gasteiger partial charge in [0.05, 0.1) is 18.8 Å². The molecule has 0 aromatic carbocycles. The summed E-state index contributed by atoms with van der Waals surface area (Å²) in [4.78, 5) is 11.9. The Hall–Kier alpha value is -1.07. The van der Waals surface area contributed by atoms with Gasteiger partial charge in [-0.15, -0.1) is 12.4 Å². The van der Waals surface area contributed by atoms with Gasteiger partial charge in [-0.25, -0.2) is 4.68 Å². The Labute approximate surface area is 125 Å². The molecule has 1 heterocycles. The minimum atomic E-state index is 0. The van der Waals surface area contributed by atoms with E-state index in [1.165, 1.54) is 25.7 Å². The highest BCUT2D eigenvalue weighted by Gasteiger charge is 2.30. The van der Waals surface area contributed by atoms with Gasteiger partial charge in [-0.1, -0.05) is 0 Å². The van der Waals surface area contributed by atoms with Gasteiger partial charge in [0, 0.05) is 6.07 Å². The Balaban J connectivity index is 0.00000147. The van der Waals surface area contributed by atoms with Crippen molar-refractivity contribution in [1.29, 1.82) is 0 Å². The molecule has 2 aliphatic carbocycles. The van der Waals surface area contributed by atoms with Crippen LogP contribution in [0, 0.1) is 11.8 Å². The molecule has 0 spiro atoms. The van der Waals surface area contributed by atoms with E-state index < -0.39 is 0 Å². The van der Waals surface area contributed by atoms with Crippen LogP contribution in [0.15, 0.2) is 12.3 Å². The third kappa shape index (κ3) is 3.96. The fraction of sp³-hybridized carbons (Fsp3) is 0.714. The van der Waals surface area contributed by atoms with Crippen molar-refractivity contribution in [3.63, 3.8) is 0 Å². The third-order valence-corrected chi connectivity index (χ3v) is 4.04. The standard InChI is InChI=1S/C14H22N4O.ClH/c1-10(12-4-5-12)18-13(6-7-16-18)17-14(19)9-15-8-11-2-3-11;/h6-7,10-12,15H,2-5,8-9H2,1H3,(H,17,19);1H. The van der Waals surface area contributed by atoms with Crippen molar-refractivity contribution in [3.8, 4) is 0 Å². The summed E-state index contributed by atoms with van der Waals surface area (Å²) in [6.45, 7) is 3.52. The number of carbonyl (C=O) groups is 1. The van der Waals surface area contributed by atoms with Crippen molar-refractivity contribution in [2.24, 2.45) is 11.8 Å². The highest BCUT2D eigenvalue weighted by Crippen LogP contribution is 2.40. The quantitative estimate of drug-likeness (QED) is 0.811. The first kappa shape index (κ1) is 15.3. The third-order valence-electron chi connectivity index (χ3n) is 4.04.